The van der Waals surface area contributed by atoms with Gasteiger partial charge in [0.2, 0.25) is 11.8 Å². The summed E-state index contributed by atoms with van der Waals surface area (Å²) in [5.41, 5.74) is 8.73. The van der Waals surface area contributed by atoms with Crippen molar-refractivity contribution in [2.24, 2.45) is 5.11 Å². The monoisotopic (exact) mass is 553 g/mol. The molecular formula is C23H31N5O9S. The van der Waals surface area contributed by atoms with Gasteiger partial charge in [0.1, 0.15) is 6.04 Å². The molecule has 2 aliphatic rings. The molecule has 1 N–H and O–H groups in total. The average Bonchev–Trinajstić information content (AvgIpc) is 3.22. The lowest BCUT2D eigenvalue weighted by atomic mass is 10.0. The first kappa shape index (κ1) is 29.5. The lowest BCUT2D eigenvalue weighted by Crippen LogP contribution is -2.52. The van der Waals surface area contributed by atoms with Crippen LogP contribution in [0, 0.1) is 0 Å². The van der Waals surface area contributed by atoms with Crippen molar-refractivity contribution in [2.75, 3.05) is 65.2 Å². The van der Waals surface area contributed by atoms with Crippen molar-refractivity contribution >= 4 is 27.6 Å². The number of hydrogen-bond donors (Lipinski definition) is 1. The molecule has 208 valence electrons. The number of benzene rings is 1. The van der Waals surface area contributed by atoms with E-state index in [1.165, 1.54) is 17.0 Å². The van der Waals surface area contributed by atoms with Crippen LogP contribution in [0.15, 0.2) is 28.2 Å². The molecule has 1 aromatic rings. The molecule has 1 fully saturated rings. The first-order chi connectivity index (χ1) is 18.3. The molecule has 14 nitrogen and oxygen atoms in total. The Morgan fingerprint density at radius 3 is 2.24 bits per heavy atom. The predicted octanol–water partition coefficient (Wildman–Crippen LogP) is 0.598. The van der Waals surface area contributed by atoms with Crippen molar-refractivity contribution in [3.63, 3.8) is 0 Å². The Morgan fingerprint density at radius 1 is 0.974 bits per heavy atom. The second-order valence-corrected chi connectivity index (χ2v) is 10.5. The second-order valence-electron chi connectivity index (χ2n) is 8.41. The Kier molecular flexibility index (Phi) is 11.5. The van der Waals surface area contributed by atoms with Crippen LogP contribution < -0.4 is 5.32 Å². The molecule has 15 heteroatoms. The molecular weight excluding hydrogens is 522 g/mol. The highest BCUT2D eigenvalue weighted by atomic mass is 32.2. The fraction of sp³-hybridized carbons (Fsp3) is 0.609. The van der Waals surface area contributed by atoms with E-state index in [2.05, 4.69) is 15.3 Å². The normalized spacial score (nSPS) is 17.3. The van der Waals surface area contributed by atoms with Gasteiger partial charge in [0, 0.05) is 35.5 Å². The third kappa shape index (κ3) is 8.21. The Hall–Kier alpha value is -3.07. The summed E-state index contributed by atoms with van der Waals surface area (Å²) in [7, 11) is -3.76. The number of hydrogen-bond acceptors (Lipinski definition) is 10. The number of carbonyl (C=O) groups excluding carboxylic acids is 3. The molecule has 0 aromatic heterocycles. The van der Waals surface area contributed by atoms with E-state index in [4.69, 9.17) is 24.5 Å². The van der Waals surface area contributed by atoms with Crippen LogP contribution in [0.25, 0.3) is 10.4 Å². The number of piperidine rings is 1. The maximum atomic E-state index is 13.0. The van der Waals surface area contributed by atoms with E-state index in [0.717, 1.165) is 0 Å². The van der Waals surface area contributed by atoms with Crippen LogP contribution in [0.3, 0.4) is 0 Å². The number of imide groups is 1. The highest BCUT2D eigenvalue weighted by Gasteiger charge is 2.41. The third-order valence-corrected chi connectivity index (χ3v) is 7.64. The molecule has 1 aromatic carbocycles. The molecule has 1 saturated heterocycles. The van der Waals surface area contributed by atoms with Crippen molar-refractivity contribution in [1.29, 1.82) is 0 Å². The van der Waals surface area contributed by atoms with Crippen LogP contribution in [0.1, 0.15) is 28.8 Å². The number of azide groups is 1. The van der Waals surface area contributed by atoms with Gasteiger partial charge in [-0.2, -0.15) is 0 Å². The number of fused-ring (bicyclic) bond motifs is 1. The van der Waals surface area contributed by atoms with Gasteiger partial charge in [-0.1, -0.05) is 11.2 Å². The standard InChI is InChI=1S/C23H31N5O9S/c24-27-25-6-7-34-8-9-35-10-11-36-12-13-37-14-15-38(32,33)20-3-1-2-17-18(20)16-28(23(17)31)19-4-5-21(29)26-22(19)30/h1-3,19H,4-16H2,(H,26,29,30). The quantitative estimate of drug-likeness (QED) is 0.0947. The van der Waals surface area contributed by atoms with Crippen molar-refractivity contribution in [3.05, 3.63) is 39.8 Å². The van der Waals surface area contributed by atoms with Crippen LogP contribution in [-0.2, 0) is 44.9 Å². The highest BCUT2D eigenvalue weighted by Crippen LogP contribution is 2.32. The first-order valence-corrected chi connectivity index (χ1v) is 13.8. The van der Waals surface area contributed by atoms with Gasteiger partial charge >= 0.3 is 0 Å². The smallest absolute Gasteiger partial charge is 0.255 e. The summed E-state index contributed by atoms with van der Waals surface area (Å²) < 4.78 is 47.3. The summed E-state index contributed by atoms with van der Waals surface area (Å²) in [6.45, 7) is 2.48. The van der Waals surface area contributed by atoms with Gasteiger partial charge in [-0.25, -0.2) is 8.42 Å². The first-order valence-electron chi connectivity index (χ1n) is 12.2. The van der Waals surface area contributed by atoms with Crippen molar-refractivity contribution in [3.8, 4) is 0 Å². The molecule has 2 aliphatic heterocycles. The minimum Gasteiger partial charge on any atom is -0.379 e. The highest BCUT2D eigenvalue weighted by molar-refractivity contribution is 7.91. The molecule has 1 unspecified atom stereocenters. The largest absolute Gasteiger partial charge is 0.379 e. The van der Waals surface area contributed by atoms with E-state index in [0.29, 0.717) is 38.6 Å². The Bertz CT molecular complexity index is 1150. The lowest BCUT2D eigenvalue weighted by Gasteiger charge is -2.29. The molecule has 3 amide bonds. The van der Waals surface area contributed by atoms with Crippen molar-refractivity contribution < 1.29 is 41.7 Å². The van der Waals surface area contributed by atoms with E-state index >= 15 is 0 Å². The Balaban J connectivity index is 1.36. The van der Waals surface area contributed by atoms with E-state index in [1.807, 2.05) is 0 Å². The summed E-state index contributed by atoms with van der Waals surface area (Å²) in [4.78, 5) is 40.6. The molecule has 0 radical (unpaired) electrons. The van der Waals surface area contributed by atoms with Crippen LogP contribution in [0.2, 0.25) is 0 Å². The van der Waals surface area contributed by atoms with Gasteiger partial charge in [-0.05, 0) is 24.1 Å². The Morgan fingerprint density at radius 2 is 1.61 bits per heavy atom. The molecule has 38 heavy (non-hydrogen) atoms. The molecule has 1 atom stereocenters. The molecule has 0 saturated carbocycles. The molecule has 0 aliphatic carbocycles. The number of carbonyl (C=O) groups is 3. The Labute approximate surface area is 220 Å². The number of nitrogens with zero attached hydrogens (tertiary/aromatic N) is 4. The van der Waals surface area contributed by atoms with Crippen LogP contribution in [0.5, 0.6) is 0 Å². The van der Waals surface area contributed by atoms with Crippen LogP contribution in [-0.4, -0.2) is 102 Å². The SMILES string of the molecule is [N-]=[N+]=NCCOCCOCCOCCOCCS(=O)(=O)c1cccc2c1CN(C1CCC(=O)NC1=O)C2=O. The number of amides is 3. The zero-order chi connectivity index (χ0) is 27.4. The van der Waals surface area contributed by atoms with E-state index < -0.39 is 27.7 Å². The van der Waals surface area contributed by atoms with Gasteiger partial charge in [-0.3, -0.25) is 19.7 Å². The van der Waals surface area contributed by atoms with Gasteiger partial charge in [0.15, 0.2) is 9.84 Å². The molecule has 0 spiro atoms. The van der Waals surface area contributed by atoms with E-state index in [1.54, 1.807) is 6.07 Å². The van der Waals surface area contributed by atoms with Gasteiger partial charge < -0.3 is 23.8 Å². The molecule has 0 bridgehead atoms. The van der Waals surface area contributed by atoms with Crippen molar-refractivity contribution in [2.45, 2.75) is 30.3 Å². The van der Waals surface area contributed by atoms with E-state index in [9.17, 15) is 22.8 Å². The zero-order valence-electron chi connectivity index (χ0n) is 20.9. The summed E-state index contributed by atoms with van der Waals surface area (Å²) in [6.07, 6.45) is 0.315. The van der Waals surface area contributed by atoms with E-state index in [-0.39, 0.29) is 67.9 Å². The number of ether oxygens (including phenoxy) is 4. The summed E-state index contributed by atoms with van der Waals surface area (Å²) in [5, 5.41) is 5.57. The number of sulfone groups is 1. The summed E-state index contributed by atoms with van der Waals surface area (Å²) in [5.74, 6) is -1.65. The average molecular weight is 554 g/mol. The van der Waals surface area contributed by atoms with Crippen LogP contribution >= 0.6 is 0 Å². The fourth-order valence-electron chi connectivity index (χ4n) is 4.04. The minimum absolute atomic E-state index is 0.0194. The summed E-state index contributed by atoms with van der Waals surface area (Å²) >= 11 is 0. The summed E-state index contributed by atoms with van der Waals surface area (Å²) in [6, 6.07) is 3.67. The molecule has 2 heterocycles. The topological polar surface area (TPSA) is 186 Å². The maximum Gasteiger partial charge on any atom is 0.255 e. The van der Waals surface area contributed by atoms with Crippen LogP contribution in [0.4, 0.5) is 0 Å². The minimum atomic E-state index is -3.76. The zero-order valence-corrected chi connectivity index (χ0v) is 21.7. The maximum absolute atomic E-state index is 13.0. The number of nitrogens with one attached hydrogen (secondary N) is 1. The molecule has 3 rings (SSSR count). The second kappa shape index (κ2) is 14.8. The number of rotatable bonds is 17. The fourth-order valence-corrected chi connectivity index (χ4v) is 5.43. The van der Waals surface area contributed by atoms with Gasteiger partial charge in [0.25, 0.3) is 5.91 Å². The van der Waals surface area contributed by atoms with Gasteiger partial charge in [0.05, 0.1) is 63.5 Å². The lowest BCUT2D eigenvalue weighted by molar-refractivity contribution is -0.136. The van der Waals surface area contributed by atoms with Gasteiger partial charge in [-0.15, -0.1) is 0 Å². The third-order valence-electron chi connectivity index (χ3n) is 5.89. The van der Waals surface area contributed by atoms with Crippen molar-refractivity contribution in [1.82, 2.24) is 10.2 Å². The predicted molar refractivity (Wildman–Crippen MR) is 132 cm³/mol.